The molecule has 2 heterocycles. The van der Waals surface area contributed by atoms with Gasteiger partial charge in [0.15, 0.2) is 5.03 Å². The first-order valence-electron chi connectivity index (χ1n) is 5.60. The van der Waals surface area contributed by atoms with Gasteiger partial charge < -0.3 is 5.11 Å². The molecule has 1 unspecified atom stereocenters. The number of hydrogen-bond donors (Lipinski definition) is 3. The molecule has 3 N–H and O–H groups in total. The van der Waals surface area contributed by atoms with Gasteiger partial charge in [-0.3, -0.25) is 5.10 Å². The van der Waals surface area contributed by atoms with E-state index in [2.05, 4.69) is 19.9 Å². The van der Waals surface area contributed by atoms with Gasteiger partial charge in [0.25, 0.3) is 10.0 Å². The number of pyridine rings is 1. The zero-order chi connectivity index (χ0) is 13.9. The van der Waals surface area contributed by atoms with Gasteiger partial charge in [0, 0.05) is 24.0 Å². The van der Waals surface area contributed by atoms with Crippen LogP contribution in [0.15, 0.2) is 35.7 Å². The molecule has 0 aliphatic rings. The van der Waals surface area contributed by atoms with Gasteiger partial charge in [-0.15, -0.1) is 0 Å². The third-order valence-electron chi connectivity index (χ3n) is 2.61. The number of nitrogens with zero attached hydrogens (tertiary/aromatic N) is 2. The van der Waals surface area contributed by atoms with E-state index in [4.69, 9.17) is 5.11 Å². The molecule has 0 aliphatic heterocycles. The van der Waals surface area contributed by atoms with E-state index in [9.17, 15) is 8.42 Å². The lowest BCUT2D eigenvalue weighted by atomic mass is 10.2. The summed E-state index contributed by atoms with van der Waals surface area (Å²) >= 11 is 0. The van der Waals surface area contributed by atoms with Crippen molar-refractivity contribution in [2.45, 2.75) is 24.6 Å². The largest absolute Gasteiger partial charge is 0.392 e. The molecule has 1 atom stereocenters. The van der Waals surface area contributed by atoms with Crippen LogP contribution in [0.4, 0.5) is 0 Å². The monoisotopic (exact) mass is 282 g/mol. The SMILES string of the molecule is CC(NS(=O)(=O)c1ccc(CO)cn1)c1cn[nH]c1. The van der Waals surface area contributed by atoms with Crippen LogP contribution < -0.4 is 4.72 Å². The second-order valence-corrected chi connectivity index (χ2v) is 5.70. The predicted octanol–water partition coefficient (Wildman–Crippen LogP) is 0.336. The number of H-pyrrole nitrogens is 1. The Balaban J connectivity index is 2.17. The molecule has 7 nitrogen and oxygen atoms in total. The van der Waals surface area contributed by atoms with E-state index in [-0.39, 0.29) is 11.6 Å². The van der Waals surface area contributed by atoms with Crippen molar-refractivity contribution in [3.8, 4) is 0 Å². The van der Waals surface area contributed by atoms with Gasteiger partial charge in [-0.2, -0.15) is 5.10 Å². The van der Waals surface area contributed by atoms with Crippen molar-refractivity contribution in [1.29, 1.82) is 0 Å². The molecule has 19 heavy (non-hydrogen) atoms. The predicted molar refractivity (Wildman–Crippen MR) is 67.5 cm³/mol. The molecule has 0 amide bonds. The highest BCUT2D eigenvalue weighted by molar-refractivity contribution is 7.89. The fourth-order valence-electron chi connectivity index (χ4n) is 1.52. The Morgan fingerprint density at radius 3 is 2.74 bits per heavy atom. The summed E-state index contributed by atoms with van der Waals surface area (Å²) in [5.74, 6) is 0. The summed E-state index contributed by atoms with van der Waals surface area (Å²) in [4.78, 5) is 3.82. The Labute approximate surface area is 110 Å². The number of aromatic amines is 1. The van der Waals surface area contributed by atoms with Gasteiger partial charge in [-0.1, -0.05) is 6.07 Å². The summed E-state index contributed by atoms with van der Waals surface area (Å²) in [5.41, 5.74) is 1.29. The molecule has 2 aromatic heterocycles. The van der Waals surface area contributed by atoms with Crippen molar-refractivity contribution < 1.29 is 13.5 Å². The lowest BCUT2D eigenvalue weighted by Gasteiger charge is -2.12. The maximum Gasteiger partial charge on any atom is 0.258 e. The lowest BCUT2D eigenvalue weighted by Crippen LogP contribution is -2.27. The Kier molecular flexibility index (Phi) is 3.93. The van der Waals surface area contributed by atoms with Crippen molar-refractivity contribution in [2.75, 3.05) is 0 Å². The van der Waals surface area contributed by atoms with E-state index in [1.807, 2.05) is 0 Å². The van der Waals surface area contributed by atoms with E-state index in [1.165, 1.54) is 18.3 Å². The Bertz CT molecular complexity index is 622. The number of hydrogen-bond acceptors (Lipinski definition) is 5. The molecule has 2 aromatic rings. The average molecular weight is 282 g/mol. The third-order valence-corrected chi connectivity index (χ3v) is 4.06. The summed E-state index contributed by atoms with van der Waals surface area (Å²) in [5, 5.41) is 15.2. The zero-order valence-corrected chi connectivity index (χ0v) is 11.1. The topological polar surface area (TPSA) is 108 Å². The molecule has 8 heteroatoms. The van der Waals surface area contributed by atoms with E-state index in [0.29, 0.717) is 5.56 Å². The van der Waals surface area contributed by atoms with E-state index in [0.717, 1.165) is 5.56 Å². The van der Waals surface area contributed by atoms with Crippen LogP contribution in [0.5, 0.6) is 0 Å². The van der Waals surface area contributed by atoms with Crippen LogP contribution in [0.3, 0.4) is 0 Å². The Morgan fingerprint density at radius 2 is 2.21 bits per heavy atom. The molecular formula is C11H14N4O3S. The van der Waals surface area contributed by atoms with Crippen LogP contribution in [0.25, 0.3) is 0 Å². The molecule has 2 rings (SSSR count). The highest BCUT2D eigenvalue weighted by atomic mass is 32.2. The molecule has 0 saturated heterocycles. The van der Waals surface area contributed by atoms with Crippen LogP contribution in [0.1, 0.15) is 24.1 Å². The van der Waals surface area contributed by atoms with E-state index < -0.39 is 16.1 Å². The summed E-state index contributed by atoms with van der Waals surface area (Å²) in [6, 6.07) is 2.46. The van der Waals surface area contributed by atoms with Crippen molar-refractivity contribution in [2.24, 2.45) is 0 Å². The Hall–Kier alpha value is -1.77. The van der Waals surface area contributed by atoms with Gasteiger partial charge >= 0.3 is 0 Å². The van der Waals surface area contributed by atoms with Gasteiger partial charge in [0.1, 0.15) is 0 Å². The van der Waals surface area contributed by atoms with Crippen molar-refractivity contribution in [3.63, 3.8) is 0 Å². The number of rotatable bonds is 5. The van der Waals surface area contributed by atoms with E-state index >= 15 is 0 Å². The quantitative estimate of drug-likeness (QED) is 0.732. The second-order valence-electron chi connectivity index (χ2n) is 4.04. The highest BCUT2D eigenvalue weighted by Crippen LogP contribution is 2.14. The second kappa shape index (κ2) is 5.47. The molecule has 0 aromatic carbocycles. The van der Waals surface area contributed by atoms with Crippen molar-refractivity contribution >= 4 is 10.0 Å². The third kappa shape index (κ3) is 3.16. The number of sulfonamides is 1. The van der Waals surface area contributed by atoms with Gasteiger partial charge in [-0.05, 0) is 18.6 Å². The highest BCUT2D eigenvalue weighted by Gasteiger charge is 2.20. The van der Waals surface area contributed by atoms with Crippen LogP contribution in [0.2, 0.25) is 0 Å². The summed E-state index contributed by atoms with van der Waals surface area (Å²) in [6.07, 6.45) is 4.50. The first-order chi connectivity index (χ1) is 9.03. The number of aromatic nitrogens is 3. The number of aliphatic hydroxyl groups excluding tert-OH is 1. The molecule has 102 valence electrons. The van der Waals surface area contributed by atoms with Crippen molar-refractivity contribution in [3.05, 3.63) is 41.9 Å². The fourth-order valence-corrected chi connectivity index (χ4v) is 2.68. The summed E-state index contributed by atoms with van der Waals surface area (Å²) in [7, 11) is -3.69. The maximum atomic E-state index is 12.1. The molecule has 0 aliphatic carbocycles. The van der Waals surface area contributed by atoms with Crippen molar-refractivity contribution in [1.82, 2.24) is 19.9 Å². The minimum atomic E-state index is -3.69. The molecule has 0 saturated carbocycles. The normalized spacial score (nSPS) is 13.4. The number of nitrogens with one attached hydrogen (secondary N) is 2. The van der Waals surface area contributed by atoms with Crippen LogP contribution in [0, 0.1) is 0 Å². The summed E-state index contributed by atoms with van der Waals surface area (Å²) < 4.78 is 26.6. The van der Waals surface area contributed by atoms with Gasteiger partial charge in [-0.25, -0.2) is 18.1 Å². The Morgan fingerprint density at radius 1 is 1.42 bits per heavy atom. The first-order valence-corrected chi connectivity index (χ1v) is 7.08. The molecule has 0 fully saturated rings. The van der Waals surface area contributed by atoms with Gasteiger partial charge in [0.2, 0.25) is 0 Å². The standard InChI is InChI=1S/C11H14N4O3S/c1-8(10-5-13-14-6-10)15-19(17,18)11-3-2-9(7-16)4-12-11/h2-6,8,15-16H,7H2,1H3,(H,13,14). The van der Waals surface area contributed by atoms with Crippen LogP contribution in [-0.2, 0) is 16.6 Å². The smallest absolute Gasteiger partial charge is 0.258 e. The minimum absolute atomic E-state index is 0.0833. The van der Waals surface area contributed by atoms with Gasteiger partial charge in [0.05, 0.1) is 12.8 Å². The fraction of sp³-hybridized carbons (Fsp3) is 0.273. The zero-order valence-electron chi connectivity index (χ0n) is 10.2. The molecule has 0 bridgehead atoms. The van der Waals surface area contributed by atoms with Crippen LogP contribution in [-0.4, -0.2) is 28.7 Å². The maximum absolute atomic E-state index is 12.1. The first kappa shape index (κ1) is 13.7. The average Bonchev–Trinajstić information content (AvgIpc) is 2.92. The van der Waals surface area contributed by atoms with E-state index in [1.54, 1.807) is 19.3 Å². The molecule has 0 spiro atoms. The number of aliphatic hydroxyl groups is 1. The lowest BCUT2D eigenvalue weighted by molar-refractivity contribution is 0.281. The van der Waals surface area contributed by atoms with Crippen LogP contribution >= 0.6 is 0 Å². The molecular weight excluding hydrogens is 268 g/mol. The summed E-state index contributed by atoms with van der Waals surface area (Å²) in [6.45, 7) is 1.54. The minimum Gasteiger partial charge on any atom is -0.392 e. The molecule has 0 radical (unpaired) electrons.